The Balaban J connectivity index is 0.00000274. The van der Waals surface area contributed by atoms with Crippen LogP contribution in [-0.4, -0.2) is 77.4 Å². The Hall–Kier alpha value is -3.53. The number of hydrogen-bond donors (Lipinski definition) is 2. The molecular formula is C24H21N6NaO3. The standard InChI is InChI=1S/C24H20N6O3.Na.H/c1-2-33-24-25-20-9-5-8-19(23(31)32)21(20)30(24)14-15-10-12-16(13-11-15)17-6-3-4-7-18(17)22-26-28-29-27-22;;/h3-13H,2,14H2,1H3,(H,31,32)(H,26,27,28,29);;. The number of fused-ring (bicyclic) bond motifs is 1. The van der Waals surface area contributed by atoms with Crippen molar-refractivity contribution in [3.63, 3.8) is 0 Å². The van der Waals surface area contributed by atoms with Crippen molar-refractivity contribution in [3.05, 3.63) is 77.9 Å². The van der Waals surface area contributed by atoms with Crippen molar-refractivity contribution in [1.82, 2.24) is 30.2 Å². The molecular weight excluding hydrogens is 443 g/mol. The number of hydrogen-bond acceptors (Lipinski definition) is 6. The molecule has 0 aliphatic carbocycles. The van der Waals surface area contributed by atoms with Gasteiger partial charge in [-0.1, -0.05) is 54.6 Å². The van der Waals surface area contributed by atoms with Crippen LogP contribution in [0.25, 0.3) is 33.5 Å². The molecule has 0 atom stereocenters. The molecule has 0 aliphatic rings. The summed E-state index contributed by atoms with van der Waals surface area (Å²) >= 11 is 0. The number of nitrogens with one attached hydrogen (secondary N) is 1. The summed E-state index contributed by atoms with van der Waals surface area (Å²) in [6.07, 6.45) is 0. The predicted octanol–water partition coefficient (Wildman–Crippen LogP) is 3.38. The number of tetrazole rings is 1. The number of ether oxygens (including phenoxy) is 1. The minimum atomic E-state index is -1.00. The van der Waals surface area contributed by atoms with Gasteiger partial charge in [-0.2, -0.15) is 4.98 Å². The van der Waals surface area contributed by atoms with E-state index in [-0.39, 0.29) is 35.1 Å². The fourth-order valence-corrected chi connectivity index (χ4v) is 3.91. The topological polar surface area (TPSA) is 119 Å². The molecule has 0 radical (unpaired) electrons. The van der Waals surface area contributed by atoms with E-state index in [1.807, 2.05) is 60.0 Å². The molecule has 0 aliphatic heterocycles. The van der Waals surface area contributed by atoms with Gasteiger partial charge in [-0.05, 0) is 46.2 Å². The van der Waals surface area contributed by atoms with Gasteiger partial charge in [0.25, 0.3) is 6.01 Å². The summed E-state index contributed by atoms with van der Waals surface area (Å²) in [6.45, 7) is 2.72. The van der Waals surface area contributed by atoms with Crippen molar-refractivity contribution >= 4 is 46.6 Å². The Morgan fingerprint density at radius 3 is 2.47 bits per heavy atom. The molecule has 0 amide bonds. The average molecular weight is 464 g/mol. The second-order valence-corrected chi connectivity index (χ2v) is 7.38. The zero-order valence-corrected chi connectivity index (χ0v) is 17.8. The van der Waals surface area contributed by atoms with Crippen molar-refractivity contribution in [1.29, 1.82) is 0 Å². The van der Waals surface area contributed by atoms with E-state index in [2.05, 4.69) is 25.6 Å². The molecule has 5 aromatic rings. The monoisotopic (exact) mass is 464 g/mol. The number of para-hydroxylation sites is 1. The number of H-pyrrole nitrogens is 1. The molecule has 0 saturated carbocycles. The number of nitrogens with zero attached hydrogens (tertiary/aromatic N) is 5. The second-order valence-electron chi connectivity index (χ2n) is 7.38. The van der Waals surface area contributed by atoms with Crippen LogP contribution < -0.4 is 4.74 Å². The number of carboxylic acid groups (broad SMARTS) is 1. The van der Waals surface area contributed by atoms with Crippen LogP contribution in [0.4, 0.5) is 0 Å². The summed E-state index contributed by atoms with van der Waals surface area (Å²) in [5, 5.41) is 23.9. The van der Waals surface area contributed by atoms with Crippen LogP contribution in [-0.2, 0) is 6.54 Å². The van der Waals surface area contributed by atoms with Gasteiger partial charge in [-0.3, -0.25) is 4.57 Å². The molecule has 0 bridgehead atoms. The molecule has 3 aromatic carbocycles. The zero-order chi connectivity index (χ0) is 22.8. The van der Waals surface area contributed by atoms with Crippen LogP contribution in [0, 0.1) is 0 Å². The number of aromatic carboxylic acids is 1. The molecule has 5 rings (SSSR count). The average Bonchev–Trinajstić information content (AvgIpc) is 3.49. The number of carboxylic acids is 1. The van der Waals surface area contributed by atoms with Gasteiger partial charge in [-0.25, -0.2) is 9.89 Å². The quantitative estimate of drug-likeness (QED) is 0.355. The third-order valence-corrected chi connectivity index (χ3v) is 5.37. The Bertz CT molecular complexity index is 1430. The van der Waals surface area contributed by atoms with Crippen molar-refractivity contribution in [2.45, 2.75) is 13.5 Å². The van der Waals surface area contributed by atoms with Gasteiger partial charge >= 0.3 is 35.5 Å². The first-order chi connectivity index (χ1) is 16.2. The summed E-state index contributed by atoms with van der Waals surface area (Å²) in [6, 6.07) is 21.4. The summed E-state index contributed by atoms with van der Waals surface area (Å²) in [4.78, 5) is 16.3. The van der Waals surface area contributed by atoms with Gasteiger partial charge in [0.15, 0.2) is 5.82 Å². The van der Waals surface area contributed by atoms with Gasteiger partial charge < -0.3 is 9.84 Å². The van der Waals surface area contributed by atoms with E-state index in [1.165, 1.54) is 0 Å². The van der Waals surface area contributed by atoms with Gasteiger partial charge in [0.05, 0.1) is 29.7 Å². The number of benzene rings is 3. The Kier molecular flexibility index (Phi) is 7.06. The number of aromatic amines is 1. The SMILES string of the molecule is CCOc1nc2cccc(C(=O)O)c2n1Cc1ccc(-c2ccccc2-c2nnn[nH]2)cc1.[NaH]. The fraction of sp³-hybridized carbons (Fsp3) is 0.125. The molecule has 0 saturated heterocycles. The molecule has 9 nitrogen and oxygen atoms in total. The van der Waals surface area contributed by atoms with Crippen LogP contribution in [0.3, 0.4) is 0 Å². The molecule has 2 N–H and O–H groups in total. The molecule has 0 unspecified atom stereocenters. The Morgan fingerprint density at radius 1 is 1.03 bits per heavy atom. The minimum absolute atomic E-state index is 0. The predicted molar refractivity (Wildman–Crippen MR) is 129 cm³/mol. The van der Waals surface area contributed by atoms with Crippen molar-refractivity contribution < 1.29 is 14.6 Å². The third-order valence-electron chi connectivity index (χ3n) is 5.37. The van der Waals surface area contributed by atoms with Crippen LogP contribution >= 0.6 is 0 Å². The molecule has 2 heterocycles. The van der Waals surface area contributed by atoms with E-state index in [0.717, 1.165) is 22.3 Å². The van der Waals surface area contributed by atoms with Crippen molar-refractivity contribution in [2.24, 2.45) is 0 Å². The van der Waals surface area contributed by atoms with Crippen LogP contribution in [0.2, 0.25) is 0 Å². The van der Waals surface area contributed by atoms with Crippen molar-refractivity contribution in [2.75, 3.05) is 6.61 Å². The van der Waals surface area contributed by atoms with E-state index < -0.39 is 5.97 Å². The van der Waals surface area contributed by atoms with Crippen LogP contribution in [0.1, 0.15) is 22.8 Å². The van der Waals surface area contributed by atoms with E-state index in [9.17, 15) is 9.90 Å². The van der Waals surface area contributed by atoms with E-state index in [1.54, 1.807) is 18.2 Å². The van der Waals surface area contributed by atoms with Gasteiger partial charge in [0, 0.05) is 5.56 Å². The molecule has 0 spiro atoms. The van der Waals surface area contributed by atoms with Gasteiger partial charge in [-0.15, -0.1) is 5.10 Å². The Morgan fingerprint density at radius 2 is 1.79 bits per heavy atom. The van der Waals surface area contributed by atoms with Crippen LogP contribution in [0.5, 0.6) is 6.01 Å². The van der Waals surface area contributed by atoms with Crippen molar-refractivity contribution in [3.8, 4) is 28.5 Å². The molecule has 34 heavy (non-hydrogen) atoms. The maximum absolute atomic E-state index is 11.8. The van der Waals surface area contributed by atoms with Gasteiger partial charge in [0.1, 0.15) is 0 Å². The molecule has 166 valence electrons. The molecule has 2 aromatic heterocycles. The second kappa shape index (κ2) is 10.2. The molecule has 10 heteroatoms. The fourth-order valence-electron chi connectivity index (χ4n) is 3.91. The van der Waals surface area contributed by atoms with E-state index in [4.69, 9.17) is 4.74 Å². The normalized spacial score (nSPS) is 10.7. The summed E-state index contributed by atoms with van der Waals surface area (Å²) < 4.78 is 7.53. The number of aromatic nitrogens is 6. The summed E-state index contributed by atoms with van der Waals surface area (Å²) in [7, 11) is 0. The summed E-state index contributed by atoms with van der Waals surface area (Å²) in [5.41, 5.74) is 5.22. The van der Waals surface area contributed by atoms with Crippen LogP contribution in [0.15, 0.2) is 66.7 Å². The van der Waals surface area contributed by atoms with E-state index >= 15 is 0 Å². The van der Waals surface area contributed by atoms with Gasteiger partial charge in [0.2, 0.25) is 0 Å². The maximum atomic E-state index is 11.8. The van der Waals surface area contributed by atoms with E-state index in [0.29, 0.717) is 36.0 Å². The number of carbonyl (C=O) groups is 1. The summed E-state index contributed by atoms with van der Waals surface area (Å²) in [5.74, 6) is -0.402. The first-order valence-electron chi connectivity index (χ1n) is 10.4. The number of rotatable bonds is 7. The number of imidazole rings is 1. The third kappa shape index (κ3) is 4.45. The molecule has 0 fully saturated rings. The Labute approximate surface area is 217 Å². The zero-order valence-electron chi connectivity index (χ0n) is 17.8. The first-order valence-corrected chi connectivity index (χ1v) is 10.4. The first kappa shape index (κ1) is 23.6.